The first-order valence-corrected chi connectivity index (χ1v) is 8.04. The molecule has 0 aliphatic heterocycles. The highest BCUT2D eigenvalue weighted by Crippen LogP contribution is 2.33. The molecule has 1 heterocycles. The number of benzene rings is 1. The van der Waals surface area contributed by atoms with E-state index < -0.39 is 9.84 Å². The summed E-state index contributed by atoms with van der Waals surface area (Å²) < 4.78 is 34.3. The van der Waals surface area contributed by atoms with Crippen LogP contribution in [0.2, 0.25) is 0 Å². The third kappa shape index (κ3) is 3.50. The quantitative estimate of drug-likeness (QED) is 0.904. The highest BCUT2D eigenvalue weighted by molar-refractivity contribution is 7.90. The minimum absolute atomic E-state index is 0.0128. The average molecular weight is 308 g/mol. The Hall–Kier alpha value is -2.12. The largest absolute Gasteiger partial charge is 0.493 e. The normalized spacial score (nSPS) is 11.2. The fourth-order valence-electron chi connectivity index (χ4n) is 1.76. The summed E-state index contributed by atoms with van der Waals surface area (Å²) in [4.78, 5) is 4.00. The van der Waals surface area contributed by atoms with E-state index in [4.69, 9.17) is 15.2 Å². The van der Waals surface area contributed by atoms with Crippen LogP contribution in [0.25, 0.3) is 0 Å². The molecular formula is C14H16N2O4S. The van der Waals surface area contributed by atoms with Gasteiger partial charge in [0.15, 0.2) is 21.3 Å². The predicted molar refractivity (Wildman–Crippen MR) is 78.3 cm³/mol. The minimum Gasteiger partial charge on any atom is -0.493 e. The Bertz CT molecular complexity index is 744. The zero-order valence-electron chi connectivity index (χ0n) is 11.7. The summed E-state index contributed by atoms with van der Waals surface area (Å²) in [6.45, 7) is 0.370. The topological polar surface area (TPSA) is 91.5 Å². The van der Waals surface area contributed by atoms with Crippen LogP contribution in [0.3, 0.4) is 0 Å². The number of pyridine rings is 1. The number of hydrogen-bond acceptors (Lipinski definition) is 6. The van der Waals surface area contributed by atoms with Crippen molar-refractivity contribution < 1.29 is 17.9 Å². The highest BCUT2D eigenvalue weighted by atomic mass is 32.2. The molecule has 0 saturated carbocycles. The van der Waals surface area contributed by atoms with E-state index in [0.717, 1.165) is 11.8 Å². The van der Waals surface area contributed by atoms with Gasteiger partial charge in [-0.25, -0.2) is 13.4 Å². The summed E-state index contributed by atoms with van der Waals surface area (Å²) >= 11 is 0. The lowest BCUT2D eigenvalue weighted by Crippen LogP contribution is -2.03. The lowest BCUT2D eigenvalue weighted by molar-refractivity contribution is 0.369. The molecule has 0 unspecified atom stereocenters. The van der Waals surface area contributed by atoms with E-state index in [1.165, 1.54) is 25.4 Å². The van der Waals surface area contributed by atoms with Crippen LogP contribution >= 0.6 is 0 Å². The summed E-state index contributed by atoms with van der Waals surface area (Å²) in [5, 5.41) is 0. The first-order chi connectivity index (χ1) is 9.95. The van der Waals surface area contributed by atoms with Crippen LogP contribution in [0.4, 0.5) is 0 Å². The van der Waals surface area contributed by atoms with Crippen LogP contribution in [0.5, 0.6) is 17.4 Å². The molecule has 0 radical (unpaired) electrons. The first kappa shape index (κ1) is 15.3. The number of aromatic nitrogens is 1. The smallest absolute Gasteiger partial charge is 0.238 e. The van der Waals surface area contributed by atoms with Gasteiger partial charge in [-0.1, -0.05) is 6.07 Å². The fourth-order valence-corrected chi connectivity index (χ4v) is 2.50. The van der Waals surface area contributed by atoms with Gasteiger partial charge in [0, 0.05) is 19.0 Å². The van der Waals surface area contributed by atoms with Crippen LogP contribution in [0, 0.1) is 0 Å². The van der Waals surface area contributed by atoms with Crippen molar-refractivity contribution in [2.24, 2.45) is 5.73 Å². The summed E-state index contributed by atoms with van der Waals surface area (Å²) in [6.07, 6.45) is 2.57. The molecule has 1 aromatic carbocycles. The molecule has 112 valence electrons. The van der Waals surface area contributed by atoms with E-state index in [9.17, 15) is 8.42 Å². The van der Waals surface area contributed by atoms with Crippen molar-refractivity contribution in [2.45, 2.75) is 11.4 Å². The summed E-state index contributed by atoms with van der Waals surface area (Å²) in [6, 6.07) is 8.16. The van der Waals surface area contributed by atoms with E-state index in [2.05, 4.69) is 4.98 Å². The number of ether oxygens (including phenoxy) is 2. The molecule has 7 heteroatoms. The Labute approximate surface area is 123 Å². The molecule has 0 atom stereocenters. The molecule has 1 aromatic heterocycles. The average Bonchev–Trinajstić information content (AvgIpc) is 2.47. The zero-order chi connectivity index (χ0) is 15.5. The van der Waals surface area contributed by atoms with Crippen molar-refractivity contribution in [1.29, 1.82) is 0 Å². The summed E-state index contributed by atoms with van der Waals surface area (Å²) in [5.41, 5.74) is 6.45. The zero-order valence-corrected chi connectivity index (χ0v) is 12.6. The van der Waals surface area contributed by atoms with E-state index in [0.29, 0.717) is 18.0 Å². The maximum Gasteiger partial charge on any atom is 0.238 e. The van der Waals surface area contributed by atoms with Crippen molar-refractivity contribution in [3.8, 4) is 17.4 Å². The van der Waals surface area contributed by atoms with E-state index in [-0.39, 0.29) is 10.8 Å². The fraction of sp³-hybridized carbons (Fsp3) is 0.214. The lowest BCUT2D eigenvalue weighted by Gasteiger charge is -2.12. The molecule has 0 spiro atoms. The second-order valence-electron chi connectivity index (χ2n) is 4.37. The van der Waals surface area contributed by atoms with Crippen molar-refractivity contribution in [2.75, 3.05) is 13.4 Å². The Kier molecular flexibility index (Phi) is 4.44. The molecule has 0 aliphatic rings. The molecular weight excluding hydrogens is 292 g/mol. The van der Waals surface area contributed by atoms with Gasteiger partial charge < -0.3 is 15.2 Å². The van der Waals surface area contributed by atoms with Gasteiger partial charge >= 0.3 is 0 Å². The molecule has 0 aliphatic carbocycles. The summed E-state index contributed by atoms with van der Waals surface area (Å²) in [7, 11) is -1.94. The molecule has 21 heavy (non-hydrogen) atoms. The maximum atomic E-state index is 11.7. The number of methoxy groups -OCH3 is 1. The monoisotopic (exact) mass is 308 g/mol. The van der Waals surface area contributed by atoms with Crippen molar-refractivity contribution in [1.82, 2.24) is 4.98 Å². The molecule has 0 amide bonds. The lowest BCUT2D eigenvalue weighted by atomic mass is 10.2. The molecule has 0 bridgehead atoms. The molecule has 0 fully saturated rings. The third-order valence-corrected chi connectivity index (χ3v) is 3.92. The minimum atomic E-state index is -3.43. The van der Waals surface area contributed by atoms with Crippen LogP contribution < -0.4 is 15.2 Å². The van der Waals surface area contributed by atoms with E-state index in [1.54, 1.807) is 18.2 Å². The van der Waals surface area contributed by atoms with Gasteiger partial charge in [0.2, 0.25) is 5.88 Å². The van der Waals surface area contributed by atoms with Gasteiger partial charge in [0.1, 0.15) is 4.90 Å². The second-order valence-corrected chi connectivity index (χ2v) is 6.35. The Morgan fingerprint density at radius 2 is 2.00 bits per heavy atom. The summed E-state index contributed by atoms with van der Waals surface area (Å²) in [5.74, 6) is 0.847. The number of nitrogens with zero attached hydrogens (tertiary/aromatic N) is 1. The molecule has 2 rings (SSSR count). The van der Waals surface area contributed by atoms with Crippen molar-refractivity contribution in [3.63, 3.8) is 0 Å². The molecule has 0 saturated heterocycles. The first-order valence-electron chi connectivity index (χ1n) is 6.15. The van der Waals surface area contributed by atoms with Gasteiger partial charge in [0.25, 0.3) is 0 Å². The van der Waals surface area contributed by atoms with Crippen LogP contribution in [-0.2, 0) is 16.4 Å². The second kappa shape index (κ2) is 6.11. The Balaban J connectivity index is 2.44. The Morgan fingerprint density at radius 1 is 1.24 bits per heavy atom. The van der Waals surface area contributed by atoms with Gasteiger partial charge in [-0.15, -0.1) is 0 Å². The maximum absolute atomic E-state index is 11.7. The standard InChI is InChI=1S/C14H16N2O4S/c1-19-12-8-10(9-15)5-6-11(12)20-14-13(21(2,17)18)4-3-7-16-14/h3-8H,9,15H2,1-2H3. The van der Waals surface area contributed by atoms with Gasteiger partial charge in [0.05, 0.1) is 7.11 Å². The Morgan fingerprint density at radius 3 is 2.62 bits per heavy atom. The number of rotatable bonds is 5. The van der Waals surface area contributed by atoms with Crippen molar-refractivity contribution in [3.05, 3.63) is 42.1 Å². The molecule has 6 nitrogen and oxygen atoms in total. The third-order valence-electron chi connectivity index (χ3n) is 2.81. The van der Waals surface area contributed by atoms with E-state index >= 15 is 0 Å². The van der Waals surface area contributed by atoms with Crippen molar-refractivity contribution >= 4 is 9.84 Å². The highest BCUT2D eigenvalue weighted by Gasteiger charge is 2.17. The van der Waals surface area contributed by atoms with Crippen LogP contribution in [0.1, 0.15) is 5.56 Å². The number of sulfone groups is 1. The van der Waals surface area contributed by atoms with Gasteiger partial charge in [-0.3, -0.25) is 0 Å². The van der Waals surface area contributed by atoms with Gasteiger partial charge in [-0.2, -0.15) is 0 Å². The van der Waals surface area contributed by atoms with Crippen LogP contribution in [0.15, 0.2) is 41.4 Å². The van der Waals surface area contributed by atoms with Gasteiger partial charge in [-0.05, 0) is 29.8 Å². The van der Waals surface area contributed by atoms with E-state index in [1.807, 2.05) is 0 Å². The molecule has 2 aromatic rings. The SMILES string of the molecule is COc1cc(CN)ccc1Oc1ncccc1S(C)(=O)=O. The number of nitrogens with two attached hydrogens (primary N) is 1. The van der Waals surface area contributed by atoms with Crippen LogP contribution in [-0.4, -0.2) is 26.8 Å². The molecule has 2 N–H and O–H groups in total. The number of hydrogen-bond donors (Lipinski definition) is 1. The predicted octanol–water partition coefficient (Wildman–Crippen LogP) is 1.74.